The normalized spacial score (nSPS) is 12.8. The number of amides is 2. The van der Waals surface area contributed by atoms with E-state index in [0.29, 0.717) is 5.06 Å². The van der Waals surface area contributed by atoms with Crippen LogP contribution in [0.5, 0.6) is 0 Å². The number of hydrogen-bond donors (Lipinski definition) is 2. The molecule has 0 unspecified atom stereocenters. The highest BCUT2D eigenvalue weighted by Crippen LogP contribution is 2.26. The van der Waals surface area contributed by atoms with E-state index >= 15 is 0 Å². The smallest absolute Gasteiger partial charge is 0.341 e. The predicted molar refractivity (Wildman–Crippen MR) is 98.1 cm³/mol. The fraction of sp³-hybridized carbons (Fsp3) is 0.200. The summed E-state index contributed by atoms with van der Waals surface area (Å²) >= 11 is 0. The van der Waals surface area contributed by atoms with E-state index in [1.807, 2.05) is 36.4 Å². The first kappa shape index (κ1) is 17.5. The van der Waals surface area contributed by atoms with E-state index in [2.05, 4.69) is 34.5 Å². The summed E-state index contributed by atoms with van der Waals surface area (Å²) < 4.78 is 5.46. The van der Waals surface area contributed by atoms with Gasteiger partial charge in [-0.3, -0.25) is 5.21 Å². The molecule has 0 radical (unpaired) electrons. The molecule has 0 bridgehead atoms. The zero-order valence-corrected chi connectivity index (χ0v) is 14.4. The van der Waals surface area contributed by atoms with Crippen molar-refractivity contribution in [2.45, 2.75) is 12.8 Å². The number of carbonyl (C=O) groups excluding carboxylic acids is 1. The van der Waals surface area contributed by atoms with Crippen LogP contribution in [0.15, 0.2) is 53.1 Å². The minimum absolute atomic E-state index is 0.0848. The van der Waals surface area contributed by atoms with Crippen molar-refractivity contribution in [3.63, 3.8) is 0 Å². The summed E-state index contributed by atoms with van der Waals surface area (Å²) in [6, 6.07) is 8.86. The maximum absolute atomic E-state index is 11.2. The van der Waals surface area contributed by atoms with Crippen LogP contribution < -0.4 is 5.32 Å². The van der Waals surface area contributed by atoms with Gasteiger partial charge >= 0.3 is 6.03 Å². The average molecular weight is 349 g/mol. The fourth-order valence-corrected chi connectivity index (χ4v) is 2.52. The van der Waals surface area contributed by atoms with Crippen LogP contribution in [0.2, 0.25) is 0 Å². The lowest BCUT2D eigenvalue weighted by atomic mass is 10.0. The second-order valence-corrected chi connectivity index (χ2v) is 5.71. The van der Waals surface area contributed by atoms with E-state index < -0.39 is 6.03 Å². The third-order valence-corrected chi connectivity index (χ3v) is 3.86. The standard InChI is InChI=1S/C20H19N3O3/c1-21-20(24)23(25)12-6-8-15-7-5-11-17(13-15)18-14-19(26-22-18)16-9-3-2-4-10-16/h3,5,7,9-11,13-14,25H,2,4,12H2,1H3,(H,21,24). The molecule has 0 saturated heterocycles. The first-order chi connectivity index (χ1) is 12.7. The van der Waals surface area contributed by atoms with Crippen molar-refractivity contribution < 1.29 is 14.5 Å². The Bertz CT molecular complexity index is 916. The van der Waals surface area contributed by atoms with Gasteiger partial charge in [-0.05, 0) is 25.0 Å². The third-order valence-electron chi connectivity index (χ3n) is 3.86. The van der Waals surface area contributed by atoms with Crippen molar-refractivity contribution in [3.8, 4) is 23.1 Å². The highest BCUT2D eigenvalue weighted by molar-refractivity contribution is 5.74. The van der Waals surface area contributed by atoms with Gasteiger partial charge in [-0.25, -0.2) is 4.79 Å². The van der Waals surface area contributed by atoms with Gasteiger partial charge in [-0.1, -0.05) is 47.4 Å². The van der Waals surface area contributed by atoms with Gasteiger partial charge in [0.15, 0.2) is 5.76 Å². The molecular formula is C20H19N3O3. The first-order valence-corrected chi connectivity index (χ1v) is 8.28. The summed E-state index contributed by atoms with van der Waals surface area (Å²) in [5.41, 5.74) is 3.43. The lowest BCUT2D eigenvalue weighted by Gasteiger charge is -2.09. The first-order valence-electron chi connectivity index (χ1n) is 8.28. The highest BCUT2D eigenvalue weighted by Gasteiger charge is 2.10. The fourth-order valence-electron chi connectivity index (χ4n) is 2.52. The summed E-state index contributed by atoms with van der Waals surface area (Å²) in [5, 5.41) is 16.4. The predicted octanol–water partition coefficient (Wildman–Crippen LogP) is 3.46. The SMILES string of the molecule is CNC(=O)N(O)CC#Cc1cccc(-c2cc(C3=CCCC=C3)on2)c1. The molecule has 0 fully saturated rings. The van der Waals surface area contributed by atoms with E-state index in [1.165, 1.54) is 7.05 Å². The Morgan fingerprint density at radius 1 is 1.38 bits per heavy atom. The Hall–Kier alpha value is -3.30. The molecular weight excluding hydrogens is 330 g/mol. The zero-order chi connectivity index (χ0) is 18.4. The average Bonchev–Trinajstić information content (AvgIpc) is 3.18. The van der Waals surface area contributed by atoms with Crippen LogP contribution in [0.4, 0.5) is 4.79 Å². The summed E-state index contributed by atoms with van der Waals surface area (Å²) in [6.45, 7) is -0.0848. The van der Waals surface area contributed by atoms with E-state index in [0.717, 1.165) is 41.0 Å². The second-order valence-electron chi connectivity index (χ2n) is 5.71. The minimum atomic E-state index is -0.603. The van der Waals surface area contributed by atoms with E-state index in [1.54, 1.807) is 0 Å². The molecule has 0 atom stereocenters. The Balaban J connectivity index is 1.74. The molecule has 6 heteroatoms. The number of nitrogens with zero attached hydrogens (tertiary/aromatic N) is 2. The Kier molecular flexibility index (Phi) is 5.52. The van der Waals surface area contributed by atoms with E-state index in [-0.39, 0.29) is 6.54 Å². The summed E-state index contributed by atoms with van der Waals surface area (Å²) in [4.78, 5) is 11.2. The second kappa shape index (κ2) is 8.19. The van der Waals surface area contributed by atoms with E-state index in [9.17, 15) is 10.0 Å². The van der Waals surface area contributed by atoms with E-state index in [4.69, 9.17) is 4.52 Å². The number of carbonyl (C=O) groups is 1. The number of urea groups is 1. The van der Waals surface area contributed by atoms with Crippen LogP contribution in [0.1, 0.15) is 24.2 Å². The number of aromatic nitrogens is 1. The van der Waals surface area contributed by atoms with Crippen LogP contribution in [0.3, 0.4) is 0 Å². The van der Waals surface area contributed by atoms with Gasteiger partial charge in [0.2, 0.25) is 0 Å². The molecule has 0 spiro atoms. The molecule has 1 heterocycles. The molecule has 6 nitrogen and oxygen atoms in total. The van der Waals surface area contributed by atoms with Crippen molar-refractivity contribution in [2.75, 3.05) is 13.6 Å². The Labute approximate surface area is 151 Å². The molecule has 1 aromatic heterocycles. The Morgan fingerprint density at radius 2 is 2.27 bits per heavy atom. The quantitative estimate of drug-likeness (QED) is 0.505. The minimum Gasteiger partial charge on any atom is -0.356 e. The Morgan fingerprint density at radius 3 is 3.04 bits per heavy atom. The molecule has 132 valence electrons. The molecule has 2 amide bonds. The van der Waals surface area contributed by atoms with Gasteiger partial charge in [-0.15, -0.1) is 0 Å². The molecule has 1 aliphatic carbocycles. The maximum atomic E-state index is 11.2. The van der Waals surface area contributed by atoms with Gasteiger partial charge < -0.3 is 9.84 Å². The number of hydrogen-bond acceptors (Lipinski definition) is 4. The number of nitrogens with one attached hydrogen (secondary N) is 1. The monoisotopic (exact) mass is 349 g/mol. The molecule has 2 aromatic rings. The van der Waals surface area contributed by atoms with Gasteiger partial charge in [0, 0.05) is 29.8 Å². The summed E-state index contributed by atoms with van der Waals surface area (Å²) in [6.07, 6.45) is 8.36. The van der Waals surface area contributed by atoms with Crippen LogP contribution in [-0.2, 0) is 0 Å². The molecule has 26 heavy (non-hydrogen) atoms. The summed E-state index contributed by atoms with van der Waals surface area (Å²) in [5.74, 6) is 6.42. The molecule has 0 aliphatic heterocycles. The maximum Gasteiger partial charge on any atom is 0.341 e. The van der Waals surface area contributed by atoms with Gasteiger partial charge in [0.25, 0.3) is 0 Å². The van der Waals surface area contributed by atoms with Crippen LogP contribution >= 0.6 is 0 Å². The van der Waals surface area contributed by atoms with Crippen LogP contribution in [-0.4, -0.2) is 35.1 Å². The van der Waals surface area contributed by atoms with Crippen molar-refractivity contribution in [1.29, 1.82) is 0 Å². The number of hydroxylamine groups is 2. The van der Waals surface area contributed by atoms with Gasteiger partial charge in [0.05, 0.1) is 0 Å². The number of allylic oxidation sites excluding steroid dienone is 4. The van der Waals surface area contributed by atoms with Gasteiger partial charge in [0.1, 0.15) is 12.2 Å². The van der Waals surface area contributed by atoms with Crippen molar-refractivity contribution in [2.24, 2.45) is 0 Å². The van der Waals surface area contributed by atoms with Crippen molar-refractivity contribution in [3.05, 3.63) is 59.9 Å². The van der Waals surface area contributed by atoms with Gasteiger partial charge in [-0.2, -0.15) is 5.06 Å². The number of benzene rings is 1. The topological polar surface area (TPSA) is 78.6 Å². The lowest BCUT2D eigenvalue weighted by molar-refractivity contribution is -0.0301. The summed E-state index contributed by atoms with van der Waals surface area (Å²) in [7, 11) is 1.44. The highest BCUT2D eigenvalue weighted by atomic mass is 16.5. The van der Waals surface area contributed by atoms with Crippen LogP contribution in [0.25, 0.3) is 16.8 Å². The molecule has 0 saturated carbocycles. The lowest BCUT2D eigenvalue weighted by Crippen LogP contribution is -2.35. The largest absolute Gasteiger partial charge is 0.356 e. The molecule has 1 aromatic carbocycles. The van der Waals surface area contributed by atoms with Crippen molar-refractivity contribution in [1.82, 2.24) is 15.5 Å². The van der Waals surface area contributed by atoms with Crippen molar-refractivity contribution >= 4 is 11.6 Å². The molecule has 2 N–H and O–H groups in total. The molecule has 3 rings (SSSR count). The number of rotatable bonds is 3. The molecule has 1 aliphatic rings. The zero-order valence-electron chi connectivity index (χ0n) is 14.4. The van der Waals surface area contributed by atoms with Crippen LogP contribution in [0, 0.1) is 11.8 Å². The third kappa shape index (κ3) is 4.21.